The molecule has 0 bridgehead atoms. The van der Waals surface area contributed by atoms with Gasteiger partial charge in [0.25, 0.3) is 5.69 Å². The van der Waals surface area contributed by atoms with E-state index in [0.29, 0.717) is 11.1 Å². The SMILES string of the molecule is O=C1OC(c2ccc(Br)cc2)=NC1=CC=Cc1ccccc1[N+](=O)[O-]. The Balaban J connectivity index is 1.83. The zero-order valence-electron chi connectivity index (χ0n) is 12.8. The van der Waals surface area contributed by atoms with Crippen molar-refractivity contribution in [2.45, 2.75) is 0 Å². The first-order valence-electron chi connectivity index (χ1n) is 7.23. The van der Waals surface area contributed by atoms with Crippen LogP contribution in [0.3, 0.4) is 0 Å². The van der Waals surface area contributed by atoms with Crippen LogP contribution < -0.4 is 0 Å². The van der Waals surface area contributed by atoms with Crippen molar-refractivity contribution in [1.29, 1.82) is 0 Å². The molecule has 1 aliphatic heterocycles. The van der Waals surface area contributed by atoms with Crippen LogP contribution in [0.5, 0.6) is 0 Å². The molecule has 1 heterocycles. The molecule has 0 N–H and O–H groups in total. The highest BCUT2D eigenvalue weighted by Crippen LogP contribution is 2.21. The van der Waals surface area contributed by atoms with Crippen molar-refractivity contribution < 1.29 is 14.5 Å². The van der Waals surface area contributed by atoms with E-state index in [1.807, 2.05) is 12.1 Å². The summed E-state index contributed by atoms with van der Waals surface area (Å²) in [5, 5.41) is 11.0. The Morgan fingerprint density at radius 1 is 1.12 bits per heavy atom. The quantitative estimate of drug-likeness (QED) is 0.333. The second-order valence-corrected chi connectivity index (χ2v) is 5.96. The maximum atomic E-state index is 11.9. The lowest BCUT2D eigenvalue weighted by atomic mass is 10.1. The number of carbonyl (C=O) groups excluding carboxylic acids is 1. The highest BCUT2D eigenvalue weighted by atomic mass is 79.9. The number of esters is 1. The maximum absolute atomic E-state index is 11.9. The highest BCUT2D eigenvalue weighted by Gasteiger charge is 2.23. The van der Waals surface area contributed by atoms with Crippen LogP contribution in [0.25, 0.3) is 6.08 Å². The number of para-hydroxylation sites is 1. The molecule has 0 unspecified atom stereocenters. The van der Waals surface area contributed by atoms with Crippen molar-refractivity contribution in [3.63, 3.8) is 0 Å². The maximum Gasteiger partial charge on any atom is 0.363 e. The molecule has 1 aliphatic rings. The molecule has 0 saturated heterocycles. The Kier molecular flexibility index (Phi) is 4.85. The Hall–Kier alpha value is -3.06. The number of rotatable bonds is 4. The number of hydrogen-bond donors (Lipinski definition) is 0. The summed E-state index contributed by atoms with van der Waals surface area (Å²) in [5.74, 6) is -0.340. The summed E-state index contributed by atoms with van der Waals surface area (Å²) in [7, 11) is 0. The Labute approximate surface area is 151 Å². The topological polar surface area (TPSA) is 81.8 Å². The van der Waals surface area contributed by atoms with Gasteiger partial charge >= 0.3 is 5.97 Å². The van der Waals surface area contributed by atoms with Gasteiger partial charge in [0.05, 0.1) is 10.5 Å². The number of halogens is 1. The molecule has 3 rings (SSSR count). The summed E-state index contributed by atoms with van der Waals surface area (Å²) < 4.78 is 6.06. The fourth-order valence-electron chi connectivity index (χ4n) is 2.18. The fraction of sp³-hybridized carbons (Fsp3) is 0. The van der Waals surface area contributed by atoms with Gasteiger partial charge in [-0.2, -0.15) is 0 Å². The second-order valence-electron chi connectivity index (χ2n) is 5.04. The highest BCUT2D eigenvalue weighted by molar-refractivity contribution is 9.10. The molecule has 0 spiro atoms. The van der Waals surface area contributed by atoms with Gasteiger partial charge in [-0.05, 0) is 42.5 Å². The average Bonchev–Trinajstić information content (AvgIpc) is 2.97. The van der Waals surface area contributed by atoms with Crippen LogP contribution in [0.2, 0.25) is 0 Å². The van der Waals surface area contributed by atoms with Crippen molar-refractivity contribution in [2.75, 3.05) is 0 Å². The summed E-state index contributed by atoms with van der Waals surface area (Å²) in [6.45, 7) is 0. The number of carbonyl (C=O) groups is 1. The van der Waals surface area contributed by atoms with Gasteiger partial charge in [-0.15, -0.1) is 0 Å². The van der Waals surface area contributed by atoms with E-state index in [2.05, 4.69) is 20.9 Å². The fourth-order valence-corrected chi connectivity index (χ4v) is 2.44. The molecule has 7 heteroatoms. The van der Waals surface area contributed by atoms with Gasteiger partial charge in [0.1, 0.15) is 0 Å². The van der Waals surface area contributed by atoms with Crippen molar-refractivity contribution in [3.8, 4) is 0 Å². The van der Waals surface area contributed by atoms with Crippen LogP contribution >= 0.6 is 15.9 Å². The summed E-state index contributed by atoms with van der Waals surface area (Å²) in [5.41, 5.74) is 1.24. The molecule has 0 aromatic heterocycles. The van der Waals surface area contributed by atoms with Crippen LogP contribution in [-0.4, -0.2) is 16.8 Å². The molecule has 0 amide bonds. The molecule has 124 valence electrons. The molecule has 2 aromatic rings. The predicted molar refractivity (Wildman–Crippen MR) is 97.0 cm³/mol. The molecule has 0 atom stereocenters. The van der Waals surface area contributed by atoms with Crippen LogP contribution in [0, 0.1) is 10.1 Å². The van der Waals surface area contributed by atoms with Crippen LogP contribution in [0.1, 0.15) is 11.1 Å². The summed E-state index contributed by atoms with van der Waals surface area (Å²) in [6.07, 6.45) is 4.55. The predicted octanol–water partition coefficient (Wildman–Crippen LogP) is 4.26. The van der Waals surface area contributed by atoms with Crippen LogP contribution in [0.15, 0.2) is 75.8 Å². The lowest BCUT2D eigenvalue weighted by Gasteiger charge is -1.98. The van der Waals surface area contributed by atoms with Gasteiger partial charge in [0, 0.05) is 16.1 Å². The first-order valence-corrected chi connectivity index (χ1v) is 8.02. The zero-order valence-corrected chi connectivity index (χ0v) is 14.3. The molecule has 0 aliphatic carbocycles. The molecular weight excluding hydrogens is 388 g/mol. The van der Waals surface area contributed by atoms with E-state index in [4.69, 9.17) is 4.74 Å². The summed E-state index contributed by atoms with van der Waals surface area (Å²) >= 11 is 3.33. The molecule has 0 radical (unpaired) electrons. The molecular formula is C18H11BrN2O4. The van der Waals surface area contributed by atoms with E-state index in [1.165, 1.54) is 18.2 Å². The Morgan fingerprint density at radius 2 is 1.84 bits per heavy atom. The van der Waals surface area contributed by atoms with Crippen LogP contribution in [-0.2, 0) is 9.53 Å². The lowest BCUT2D eigenvalue weighted by Crippen LogP contribution is -2.04. The van der Waals surface area contributed by atoms with Crippen molar-refractivity contribution in [3.05, 3.63) is 92.1 Å². The molecule has 0 fully saturated rings. The minimum Gasteiger partial charge on any atom is -0.402 e. The number of allylic oxidation sites excluding steroid dienone is 2. The number of hydrogen-bond acceptors (Lipinski definition) is 5. The van der Waals surface area contributed by atoms with E-state index in [1.54, 1.807) is 36.4 Å². The third kappa shape index (κ3) is 3.89. The van der Waals surface area contributed by atoms with Crippen molar-refractivity contribution in [2.24, 2.45) is 4.99 Å². The summed E-state index contributed by atoms with van der Waals surface area (Å²) in [4.78, 5) is 26.6. The standard InChI is InChI=1S/C18H11BrN2O4/c19-14-10-8-13(9-11-14)17-20-15(18(22)25-17)6-3-5-12-4-1-2-7-16(12)21(23)24/h1-11H. The minimum absolute atomic E-state index is 0.00907. The van der Waals surface area contributed by atoms with Gasteiger partial charge in [0.15, 0.2) is 5.70 Å². The number of benzene rings is 2. The average molecular weight is 399 g/mol. The monoisotopic (exact) mass is 398 g/mol. The summed E-state index contributed by atoms with van der Waals surface area (Å²) in [6, 6.07) is 13.5. The van der Waals surface area contributed by atoms with Crippen molar-refractivity contribution in [1.82, 2.24) is 0 Å². The van der Waals surface area contributed by atoms with Gasteiger partial charge in [-0.3, -0.25) is 10.1 Å². The molecule has 0 saturated carbocycles. The number of cyclic esters (lactones) is 1. The van der Waals surface area contributed by atoms with Crippen molar-refractivity contribution >= 4 is 39.6 Å². The van der Waals surface area contributed by atoms with Gasteiger partial charge in [0.2, 0.25) is 5.90 Å². The third-order valence-corrected chi connectivity index (χ3v) is 3.90. The van der Waals surface area contributed by atoms with E-state index in [-0.39, 0.29) is 17.3 Å². The molecule has 6 nitrogen and oxygen atoms in total. The van der Waals surface area contributed by atoms with E-state index < -0.39 is 10.9 Å². The number of nitro benzene ring substituents is 1. The third-order valence-electron chi connectivity index (χ3n) is 3.38. The van der Waals surface area contributed by atoms with Gasteiger partial charge in [-0.25, -0.2) is 9.79 Å². The molecule has 25 heavy (non-hydrogen) atoms. The van der Waals surface area contributed by atoms with Crippen LogP contribution in [0.4, 0.5) is 5.69 Å². The number of nitro groups is 1. The minimum atomic E-state index is -0.565. The lowest BCUT2D eigenvalue weighted by molar-refractivity contribution is -0.385. The molecule has 2 aromatic carbocycles. The normalized spacial score (nSPS) is 15.5. The number of aliphatic imine (C=N–C) groups is 1. The van der Waals surface area contributed by atoms with E-state index in [9.17, 15) is 14.9 Å². The first kappa shape index (κ1) is 16.8. The second kappa shape index (κ2) is 7.23. The van der Waals surface area contributed by atoms with Gasteiger partial charge in [-0.1, -0.05) is 34.1 Å². The number of nitrogens with zero attached hydrogens (tertiary/aromatic N) is 2. The Bertz CT molecular complexity index is 930. The zero-order chi connectivity index (χ0) is 17.8. The van der Waals surface area contributed by atoms with E-state index >= 15 is 0 Å². The number of ether oxygens (including phenoxy) is 1. The smallest absolute Gasteiger partial charge is 0.363 e. The Morgan fingerprint density at radius 3 is 2.56 bits per heavy atom. The van der Waals surface area contributed by atoms with Gasteiger partial charge < -0.3 is 4.74 Å². The van der Waals surface area contributed by atoms with E-state index in [0.717, 1.165) is 4.47 Å². The first-order chi connectivity index (χ1) is 12.0. The largest absolute Gasteiger partial charge is 0.402 e.